The van der Waals surface area contributed by atoms with Crippen LogP contribution in [0.2, 0.25) is 0 Å². The van der Waals surface area contributed by atoms with Gasteiger partial charge in [-0.1, -0.05) is 79.0 Å². The van der Waals surface area contributed by atoms with E-state index in [-0.39, 0.29) is 24.8 Å². The topological polar surface area (TPSA) is 143 Å². The lowest BCUT2D eigenvalue weighted by Crippen LogP contribution is -2.28. The smallest absolute Gasteiger partial charge is 0.352 e. The quantitative estimate of drug-likeness (QED) is 0.0562. The first kappa shape index (κ1) is 49.1. The van der Waals surface area contributed by atoms with Gasteiger partial charge in [0.05, 0.1) is 12.7 Å². The van der Waals surface area contributed by atoms with E-state index in [1.165, 1.54) is 58.8 Å². The molecule has 2 heterocycles. The first-order valence-electron chi connectivity index (χ1n) is 19.8. The van der Waals surface area contributed by atoms with Crippen molar-refractivity contribution in [3.05, 3.63) is 81.0 Å². The highest BCUT2D eigenvalue weighted by atomic mass is 31.2. The van der Waals surface area contributed by atoms with Crippen LogP contribution in [0.5, 0.6) is 0 Å². The summed E-state index contributed by atoms with van der Waals surface area (Å²) in [6.07, 6.45) is 22.3. The molecule has 1 fully saturated rings. The number of hydrogen-bond acceptors (Lipinski definition) is 7. The van der Waals surface area contributed by atoms with E-state index in [0.29, 0.717) is 19.3 Å². The van der Waals surface area contributed by atoms with Gasteiger partial charge in [-0.15, -0.1) is 0 Å². The molecule has 54 heavy (non-hydrogen) atoms. The molecule has 0 bridgehead atoms. The van der Waals surface area contributed by atoms with E-state index in [9.17, 15) is 14.2 Å². The lowest BCUT2D eigenvalue weighted by Gasteiger charge is -2.16. The van der Waals surface area contributed by atoms with Crippen LogP contribution in [-0.2, 0) is 18.6 Å². The first-order valence-corrected chi connectivity index (χ1v) is 21.3. The number of nitrogens with zero attached hydrogens (tertiary/aromatic N) is 3. The van der Waals surface area contributed by atoms with Gasteiger partial charge in [-0.3, -0.25) is 13.9 Å². The van der Waals surface area contributed by atoms with Crippen molar-refractivity contribution in [1.82, 2.24) is 14.5 Å². The minimum atomic E-state index is -4.59. The molecule has 11 nitrogen and oxygen atoms in total. The number of phosphoric acid groups is 1. The molecule has 1 aromatic heterocycles. The Morgan fingerprint density at radius 3 is 1.80 bits per heavy atom. The average Bonchev–Trinajstić information content (AvgIpc) is 3.58. The highest BCUT2D eigenvalue weighted by Gasteiger charge is 2.29. The zero-order chi connectivity index (χ0) is 40.5. The summed E-state index contributed by atoms with van der Waals surface area (Å²) < 4.78 is 22.4. The number of amides is 1. The molecule has 3 N–H and O–H groups in total. The summed E-state index contributed by atoms with van der Waals surface area (Å²) >= 11 is 0. The van der Waals surface area contributed by atoms with Crippen LogP contribution in [0.15, 0.2) is 75.3 Å². The van der Waals surface area contributed by atoms with E-state index in [2.05, 4.69) is 105 Å². The Hall–Kier alpha value is -2.92. The van der Waals surface area contributed by atoms with Gasteiger partial charge >= 0.3 is 13.5 Å². The fraction of sp³-hybridized carbons (Fsp3) is 0.643. The van der Waals surface area contributed by atoms with Crippen LogP contribution in [-0.4, -0.2) is 62.5 Å². The number of ether oxygens (including phenoxy) is 1. The predicted molar refractivity (Wildman–Crippen MR) is 222 cm³/mol. The maximum Gasteiger partial charge on any atom is 0.469 e. The second-order valence-corrected chi connectivity index (χ2v) is 15.7. The molecule has 0 aliphatic carbocycles. The molecule has 0 radical (unpaired) electrons. The molecule has 0 unspecified atom stereocenters. The molecule has 12 heteroatoms. The third kappa shape index (κ3) is 23.8. The van der Waals surface area contributed by atoms with Crippen LogP contribution in [0.1, 0.15) is 146 Å². The molecule has 306 valence electrons. The van der Waals surface area contributed by atoms with Crippen LogP contribution in [0.3, 0.4) is 0 Å². The van der Waals surface area contributed by atoms with Crippen LogP contribution in [0.4, 0.5) is 5.82 Å². The van der Waals surface area contributed by atoms with E-state index < -0.39 is 25.8 Å². The van der Waals surface area contributed by atoms with Gasteiger partial charge in [-0.05, 0) is 138 Å². The number of carbonyl (C=O) groups excluding carboxylic acids is 1. The van der Waals surface area contributed by atoms with Crippen molar-refractivity contribution >= 4 is 19.5 Å². The Morgan fingerprint density at radius 1 is 0.833 bits per heavy atom. The summed E-state index contributed by atoms with van der Waals surface area (Å²) in [6, 6.07) is 1.53. The second kappa shape index (κ2) is 27.6. The molecule has 1 amide bonds. The van der Waals surface area contributed by atoms with Gasteiger partial charge in [0.2, 0.25) is 5.91 Å². The summed E-state index contributed by atoms with van der Waals surface area (Å²) in [5.41, 5.74) is 6.25. The normalized spacial score (nSPS) is 17.0. The van der Waals surface area contributed by atoms with Crippen molar-refractivity contribution in [2.24, 2.45) is 0 Å². The largest absolute Gasteiger partial charge is 0.469 e. The Kier molecular flexibility index (Phi) is 25.1. The van der Waals surface area contributed by atoms with Crippen LogP contribution in [0, 0.1) is 0 Å². The zero-order valence-corrected chi connectivity index (χ0v) is 35.6. The number of nitrogens with one attached hydrogen (secondary N) is 1. The molecule has 1 saturated heterocycles. The van der Waals surface area contributed by atoms with Crippen molar-refractivity contribution in [1.29, 1.82) is 0 Å². The molecular formula is C42H71N4O7P. The van der Waals surface area contributed by atoms with Gasteiger partial charge in [0.1, 0.15) is 12.0 Å². The summed E-state index contributed by atoms with van der Waals surface area (Å²) in [5, 5.41) is 2.68. The highest BCUT2D eigenvalue weighted by Crippen LogP contribution is 2.38. The Labute approximate surface area is 325 Å². The Morgan fingerprint density at radius 2 is 1.33 bits per heavy atom. The van der Waals surface area contributed by atoms with Crippen molar-refractivity contribution < 1.29 is 28.4 Å². The van der Waals surface area contributed by atoms with Gasteiger partial charge in [0.25, 0.3) is 0 Å². The van der Waals surface area contributed by atoms with Crippen LogP contribution in [0.25, 0.3) is 0 Å². The highest BCUT2D eigenvalue weighted by molar-refractivity contribution is 7.46. The van der Waals surface area contributed by atoms with Crippen LogP contribution >= 0.6 is 7.82 Å². The summed E-state index contributed by atoms with van der Waals surface area (Å²) in [6.45, 7) is 22.8. The SMILES string of the molecule is CC(C)=CCC/C(C)=C/CC/C(C)=C/CC/C=C(\C)CC/C=C(\C)CCC(=O)Nc1ccn([C@H]2CC[C@@H](COP(=O)(O)O)O2)c(=O)n1.CCN(CC)CC. The maximum atomic E-state index is 12.5. The van der Waals surface area contributed by atoms with Gasteiger partial charge in [-0.25, -0.2) is 9.36 Å². The lowest BCUT2D eigenvalue weighted by molar-refractivity contribution is -0.116. The number of hydrogen-bond donors (Lipinski definition) is 3. The number of anilines is 1. The zero-order valence-electron chi connectivity index (χ0n) is 34.7. The molecule has 0 saturated carbocycles. The number of carbonyl (C=O) groups is 1. The fourth-order valence-corrected chi connectivity index (χ4v) is 6.19. The standard InChI is InChI=1S/C36H56N3O7P.C6H15N/c1-27(2)12-9-15-30(5)18-10-16-28(3)13-7-8-14-29(4)17-11-19-31(6)20-22-34(40)37-33-24-25-39(36(41)38-33)35-23-21-32(46-35)26-45-47(42,43)44;1-4-7(5-2)6-3/h12-14,18-19,24-25,32,35H,7-11,15-17,20-23,26H2,1-6H3,(H2,42,43,44)(H,37,38,40,41);4-6H2,1-3H3/b28-13+,29-14+,30-18+,31-19+;/t32-,35+;/m0./s1. The van der Waals surface area contributed by atoms with Crippen molar-refractivity contribution in [2.45, 2.75) is 152 Å². The fourth-order valence-electron chi connectivity index (χ4n) is 5.83. The monoisotopic (exact) mass is 775 g/mol. The Balaban J connectivity index is 0.00000189. The van der Waals surface area contributed by atoms with E-state index in [1.807, 2.05) is 6.92 Å². The predicted octanol–water partition coefficient (Wildman–Crippen LogP) is 9.97. The minimum Gasteiger partial charge on any atom is -0.352 e. The van der Waals surface area contributed by atoms with Crippen LogP contribution < -0.4 is 11.0 Å². The van der Waals surface area contributed by atoms with Gasteiger partial charge < -0.3 is 24.7 Å². The van der Waals surface area contributed by atoms with Gasteiger partial charge in [0, 0.05) is 12.6 Å². The second-order valence-electron chi connectivity index (χ2n) is 14.4. The molecular weight excluding hydrogens is 703 g/mol. The molecule has 2 atom stereocenters. The third-order valence-electron chi connectivity index (χ3n) is 9.32. The van der Waals surface area contributed by atoms with E-state index in [0.717, 1.165) is 56.9 Å². The average molecular weight is 775 g/mol. The first-order chi connectivity index (χ1) is 25.6. The number of aromatic nitrogens is 2. The number of phosphoric ester groups is 1. The molecule has 0 aromatic carbocycles. The number of unbranched alkanes of at least 4 members (excludes halogenated alkanes) is 1. The molecule has 1 aromatic rings. The number of allylic oxidation sites excluding steroid dienone is 10. The molecule has 0 spiro atoms. The van der Waals surface area contributed by atoms with Gasteiger partial charge in [0.15, 0.2) is 0 Å². The van der Waals surface area contributed by atoms with Crippen molar-refractivity contribution in [2.75, 3.05) is 31.6 Å². The van der Waals surface area contributed by atoms with Crippen molar-refractivity contribution in [3.8, 4) is 0 Å². The minimum absolute atomic E-state index is 0.167. The maximum absolute atomic E-state index is 12.5. The van der Waals surface area contributed by atoms with E-state index in [4.69, 9.17) is 14.5 Å². The summed E-state index contributed by atoms with van der Waals surface area (Å²) in [4.78, 5) is 49.0. The molecule has 1 aliphatic rings. The van der Waals surface area contributed by atoms with E-state index in [1.54, 1.807) is 0 Å². The van der Waals surface area contributed by atoms with Gasteiger partial charge in [-0.2, -0.15) is 4.98 Å². The van der Waals surface area contributed by atoms with E-state index >= 15 is 0 Å². The molecule has 2 rings (SSSR count). The third-order valence-corrected chi connectivity index (χ3v) is 9.80. The summed E-state index contributed by atoms with van der Waals surface area (Å²) in [5.74, 6) is -0.0556. The molecule has 1 aliphatic heterocycles. The van der Waals surface area contributed by atoms with Crippen molar-refractivity contribution in [3.63, 3.8) is 0 Å². The Bertz CT molecular complexity index is 1510. The number of rotatable bonds is 23. The summed E-state index contributed by atoms with van der Waals surface area (Å²) in [7, 11) is -4.59. The lowest BCUT2D eigenvalue weighted by atomic mass is 10.0.